The summed E-state index contributed by atoms with van der Waals surface area (Å²) in [6, 6.07) is 13.3. The van der Waals surface area contributed by atoms with Gasteiger partial charge in [-0.2, -0.15) is 13.2 Å². The Labute approximate surface area is 391 Å². The summed E-state index contributed by atoms with van der Waals surface area (Å²) >= 11 is 0. The second kappa shape index (κ2) is 19.6. The Morgan fingerprint density at radius 1 is 0.940 bits per heavy atom. The first-order valence-corrected chi connectivity index (χ1v) is 24.3. The van der Waals surface area contributed by atoms with Gasteiger partial charge in [0.2, 0.25) is 17.7 Å². The number of nitrogen functional groups attached to an aromatic ring is 1. The van der Waals surface area contributed by atoms with Crippen LogP contribution in [0.5, 0.6) is 5.75 Å². The van der Waals surface area contributed by atoms with Crippen LogP contribution in [0.15, 0.2) is 48.5 Å². The number of carbonyl (C=O) groups excluding carboxylic acids is 3. The Hall–Kier alpha value is -5.48. The molecule has 0 spiro atoms. The van der Waals surface area contributed by atoms with Gasteiger partial charge in [-0.25, -0.2) is 9.97 Å². The van der Waals surface area contributed by atoms with Crippen LogP contribution in [0.3, 0.4) is 0 Å². The predicted octanol–water partition coefficient (Wildman–Crippen LogP) is 7.96. The van der Waals surface area contributed by atoms with Crippen molar-refractivity contribution in [3.05, 3.63) is 82.2 Å². The summed E-state index contributed by atoms with van der Waals surface area (Å²) in [6.45, 7) is 11.5. The van der Waals surface area contributed by atoms with E-state index in [0.717, 1.165) is 120 Å². The fourth-order valence-corrected chi connectivity index (χ4v) is 11.4. The molecule has 1 saturated carbocycles. The third kappa shape index (κ3) is 10.3. The minimum Gasteiger partial charge on any atom is -0.496 e. The maximum atomic E-state index is 13.9. The molecule has 3 amide bonds. The van der Waals surface area contributed by atoms with Crippen LogP contribution in [0.4, 0.5) is 30.4 Å². The molecule has 1 aliphatic carbocycles. The molecule has 16 heteroatoms. The van der Waals surface area contributed by atoms with E-state index in [-0.39, 0.29) is 41.3 Å². The molecule has 1 aromatic heterocycles. The summed E-state index contributed by atoms with van der Waals surface area (Å²) in [7, 11) is 1.65. The van der Waals surface area contributed by atoms with Gasteiger partial charge in [0, 0.05) is 87.5 Å². The predicted molar refractivity (Wildman–Crippen MR) is 252 cm³/mol. The molecule has 3 aromatic carbocycles. The number of halogens is 3. The zero-order chi connectivity index (χ0) is 47.0. The Kier molecular flexibility index (Phi) is 13.7. The van der Waals surface area contributed by atoms with E-state index < -0.39 is 17.8 Å². The van der Waals surface area contributed by atoms with Crippen molar-refractivity contribution in [2.75, 3.05) is 68.9 Å². The zero-order valence-corrected chi connectivity index (χ0v) is 39.0. The summed E-state index contributed by atoms with van der Waals surface area (Å²) < 4.78 is 46.8. The Morgan fingerprint density at radius 2 is 1.70 bits per heavy atom. The maximum Gasteiger partial charge on any atom is 0.416 e. The average molecular weight is 924 g/mol. The monoisotopic (exact) mass is 924 g/mol. The molecule has 5 heterocycles. The quantitative estimate of drug-likeness (QED) is 0.0939. The first-order chi connectivity index (χ1) is 32.2. The number of piperazine rings is 1. The third-order valence-corrected chi connectivity index (χ3v) is 15.2. The van der Waals surface area contributed by atoms with Crippen LogP contribution in [-0.2, 0) is 33.6 Å². The number of carbonyl (C=O) groups is 3. The Balaban J connectivity index is 0.727. The van der Waals surface area contributed by atoms with Crippen LogP contribution >= 0.6 is 0 Å². The van der Waals surface area contributed by atoms with Crippen molar-refractivity contribution < 1.29 is 32.3 Å². The van der Waals surface area contributed by atoms with Gasteiger partial charge in [0.1, 0.15) is 17.4 Å². The molecule has 13 nitrogen and oxygen atoms in total. The van der Waals surface area contributed by atoms with E-state index in [1.54, 1.807) is 27.0 Å². The number of imide groups is 1. The highest BCUT2D eigenvalue weighted by Crippen LogP contribution is 2.43. The number of ether oxygens (including phenoxy) is 1. The summed E-state index contributed by atoms with van der Waals surface area (Å²) in [6.07, 6.45) is 4.44. The minimum atomic E-state index is -4.52. The first-order valence-electron chi connectivity index (χ1n) is 24.3. The zero-order valence-electron chi connectivity index (χ0n) is 39.0. The molecule has 0 bridgehead atoms. The summed E-state index contributed by atoms with van der Waals surface area (Å²) in [5, 5.41) is 6.62. The fraction of sp³-hybridized carbons (Fsp3) is 0.549. The molecular formula is C51H64F3N9O4. The number of amides is 3. The van der Waals surface area contributed by atoms with Crippen molar-refractivity contribution in [3.63, 3.8) is 0 Å². The molecule has 2 atom stereocenters. The minimum absolute atomic E-state index is 0.00899. The third-order valence-electron chi connectivity index (χ3n) is 15.2. The average Bonchev–Trinajstić information content (AvgIpc) is 3.75. The molecule has 4 N–H and O–H groups in total. The van der Waals surface area contributed by atoms with Crippen molar-refractivity contribution in [1.29, 1.82) is 0 Å². The maximum absolute atomic E-state index is 13.9. The number of fused-ring (bicyclic) bond motifs is 2. The number of piperidine rings is 2. The van der Waals surface area contributed by atoms with Crippen LogP contribution < -0.4 is 26.0 Å². The molecule has 358 valence electrons. The molecule has 67 heavy (non-hydrogen) atoms. The lowest BCUT2D eigenvalue weighted by molar-refractivity contribution is -0.139. The van der Waals surface area contributed by atoms with Crippen molar-refractivity contribution in [1.82, 2.24) is 30.0 Å². The number of aromatic nitrogens is 2. The van der Waals surface area contributed by atoms with Crippen LogP contribution in [0.2, 0.25) is 0 Å². The summed E-state index contributed by atoms with van der Waals surface area (Å²) in [4.78, 5) is 56.9. The standard InChI is InChI=1S/C51H64F3N9O4/c1-31(37-24-38(51(52,53)54)26-39(55)25-37)56-48-41-27-40(46(67-3)28-43(41)57-32(2)58-48)34-9-11-35(12-10-34)50(66)62-22-20-60(21-23-62)17-5-6-33-15-18-61(19-16-33)44-8-4-7-36-29-63(30-42(36)44)45-13-14-47(64)59-49(45)65/h4,7-8,24-28,31,33-35,45H,5-6,9-23,29-30,55H2,1-3H3,(H,56,57,58)(H,59,64,65)/t31-,34?,35?,45?/m1/s1. The van der Waals surface area contributed by atoms with Gasteiger partial charge in [-0.15, -0.1) is 0 Å². The first kappa shape index (κ1) is 46.6. The lowest BCUT2D eigenvalue weighted by Gasteiger charge is -2.38. The highest BCUT2D eigenvalue weighted by atomic mass is 19.4. The highest BCUT2D eigenvalue weighted by molar-refractivity contribution is 6.00. The van der Waals surface area contributed by atoms with Gasteiger partial charge >= 0.3 is 6.18 Å². The number of rotatable bonds is 12. The van der Waals surface area contributed by atoms with Crippen molar-refractivity contribution in [3.8, 4) is 5.75 Å². The van der Waals surface area contributed by atoms with Crippen LogP contribution in [0.1, 0.15) is 117 Å². The molecule has 5 aliphatic rings. The fourth-order valence-electron chi connectivity index (χ4n) is 11.4. The van der Waals surface area contributed by atoms with Gasteiger partial charge in [0.15, 0.2) is 0 Å². The van der Waals surface area contributed by atoms with Gasteiger partial charge in [0.05, 0.1) is 30.3 Å². The summed E-state index contributed by atoms with van der Waals surface area (Å²) in [5.74, 6) is 2.55. The number of methoxy groups -OCH3 is 1. The molecule has 3 saturated heterocycles. The number of hydrogen-bond donors (Lipinski definition) is 3. The molecule has 9 rings (SSSR count). The van der Waals surface area contributed by atoms with Gasteiger partial charge in [-0.1, -0.05) is 12.1 Å². The SMILES string of the molecule is COc1cc2nc(C)nc(N[C@H](C)c3cc(N)cc(C(F)(F)F)c3)c2cc1C1CCC(C(=O)N2CCN(CCCC3CCN(c4cccc5c4CN(C4CCC(=O)NC4=O)C5)CC3)CC2)CC1. The van der Waals surface area contributed by atoms with Gasteiger partial charge in [-0.3, -0.25) is 29.5 Å². The molecule has 4 aromatic rings. The van der Waals surface area contributed by atoms with E-state index >= 15 is 0 Å². The van der Waals surface area contributed by atoms with E-state index in [4.69, 9.17) is 10.5 Å². The van der Waals surface area contributed by atoms with Gasteiger partial charge in [-0.05, 0) is 143 Å². The summed E-state index contributed by atoms with van der Waals surface area (Å²) in [5.41, 5.74) is 11.1. The molecular weight excluding hydrogens is 860 g/mol. The number of nitrogens with one attached hydrogen (secondary N) is 2. The van der Waals surface area contributed by atoms with Crippen LogP contribution in [0, 0.1) is 18.8 Å². The smallest absolute Gasteiger partial charge is 0.416 e. The van der Waals surface area contributed by atoms with E-state index in [9.17, 15) is 27.6 Å². The van der Waals surface area contributed by atoms with Crippen LogP contribution in [0.25, 0.3) is 10.9 Å². The van der Waals surface area contributed by atoms with E-state index in [1.807, 2.05) is 6.07 Å². The van der Waals surface area contributed by atoms with Gasteiger partial charge in [0.25, 0.3) is 0 Å². The molecule has 4 fully saturated rings. The number of aryl methyl sites for hydroxylation is 1. The second-order valence-corrected chi connectivity index (χ2v) is 19.6. The number of anilines is 3. The highest BCUT2D eigenvalue weighted by Gasteiger charge is 2.37. The Bertz CT molecular complexity index is 2480. The van der Waals surface area contributed by atoms with E-state index in [1.165, 1.54) is 36.1 Å². The molecule has 4 aliphatic heterocycles. The van der Waals surface area contributed by atoms with E-state index in [2.05, 4.69) is 64.5 Å². The van der Waals surface area contributed by atoms with Crippen molar-refractivity contribution in [2.45, 2.75) is 115 Å². The number of nitrogens with two attached hydrogens (primary N) is 1. The molecule has 0 radical (unpaired) electrons. The molecule has 1 unspecified atom stereocenters. The number of benzene rings is 3. The van der Waals surface area contributed by atoms with Gasteiger partial charge < -0.3 is 25.6 Å². The van der Waals surface area contributed by atoms with Crippen LogP contribution in [-0.4, -0.2) is 101 Å². The normalized spacial score (nSPS) is 22.7. The lowest BCUT2D eigenvalue weighted by Crippen LogP contribution is -2.50. The van der Waals surface area contributed by atoms with Crippen molar-refractivity contribution >= 4 is 45.8 Å². The topological polar surface area (TPSA) is 149 Å². The number of hydrogen-bond acceptors (Lipinski definition) is 11. The van der Waals surface area contributed by atoms with E-state index in [0.29, 0.717) is 41.5 Å². The number of alkyl halides is 3. The largest absolute Gasteiger partial charge is 0.496 e. The Morgan fingerprint density at radius 3 is 2.42 bits per heavy atom. The number of nitrogens with zero attached hydrogens (tertiary/aromatic N) is 6. The van der Waals surface area contributed by atoms with Crippen molar-refractivity contribution in [2.24, 2.45) is 11.8 Å². The second-order valence-electron chi connectivity index (χ2n) is 19.6. The lowest BCUT2D eigenvalue weighted by atomic mass is 9.77.